The monoisotopic (exact) mass is 265 g/mol. The lowest BCUT2D eigenvalue weighted by Crippen LogP contribution is -2.13. The molecule has 15 heavy (non-hydrogen) atoms. The molecule has 0 aromatic heterocycles. The Bertz CT molecular complexity index is 378. The molecule has 5 heteroatoms. The van der Waals surface area contributed by atoms with Crippen molar-refractivity contribution in [3.8, 4) is 5.75 Å². The Kier molecular flexibility index (Phi) is 3.04. The maximum absolute atomic E-state index is 9.79. The van der Waals surface area contributed by atoms with Gasteiger partial charge in [-0.3, -0.25) is 0 Å². The average molecular weight is 267 g/mol. The average Bonchev–Trinajstić information content (AvgIpc) is 2.98. The maximum atomic E-state index is 9.79. The Balaban J connectivity index is 2.52. The minimum absolute atomic E-state index is 0.0505. The van der Waals surface area contributed by atoms with Crippen molar-refractivity contribution in [1.29, 1.82) is 0 Å². The fraction of sp³-hybridized carbons (Fsp3) is 0.400. The number of aromatic hydroxyl groups is 1. The van der Waals surface area contributed by atoms with E-state index in [1.54, 1.807) is 0 Å². The van der Waals surface area contributed by atoms with Crippen LogP contribution in [0, 0.1) is 5.92 Å². The summed E-state index contributed by atoms with van der Waals surface area (Å²) in [6, 6.07) is 1.14. The first kappa shape index (κ1) is 11.3. The number of benzene rings is 1. The molecule has 0 aliphatic heterocycles. The second-order valence-electron chi connectivity index (χ2n) is 3.78. The smallest absolute Gasteiger partial charge is 0.140 e. The van der Waals surface area contributed by atoms with Gasteiger partial charge in [0.05, 0.1) is 15.1 Å². The van der Waals surface area contributed by atoms with E-state index in [1.807, 2.05) is 0 Å². The fourth-order valence-corrected chi connectivity index (χ4v) is 2.35. The van der Waals surface area contributed by atoms with Gasteiger partial charge in [0.25, 0.3) is 0 Å². The van der Waals surface area contributed by atoms with Crippen LogP contribution in [0.5, 0.6) is 5.75 Å². The van der Waals surface area contributed by atoms with E-state index in [4.69, 9.17) is 40.5 Å². The maximum Gasteiger partial charge on any atom is 0.140 e. The molecule has 2 nitrogen and oxygen atoms in total. The lowest BCUT2D eigenvalue weighted by molar-refractivity contribution is 0.456. The van der Waals surface area contributed by atoms with E-state index in [2.05, 4.69) is 0 Å². The van der Waals surface area contributed by atoms with Crippen LogP contribution < -0.4 is 5.73 Å². The third kappa shape index (κ3) is 2.04. The summed E-state index contributed by atoms with van der Waals surface area (Å²) in [5.41, 5.74) is 6.45. The first-order chi connectivity index (χ1) is 7.02. The normalized spacial score (nSPS) is 17.9. The van der Waals surface area contributed by atoms with E-state index in [0.717, 1.165) is 12.8 Å². The Morgan fingerprint density at radius 1 is 1.27 bits per heavy atom. The Labute approximate surface area is 103 Å². The highest BCUT2D eigenvalue weighted by Gasteiger charge is 2.33. The van der Waals surface area contributed by atoms with Crippen molar-refractivity contribution in [2.45, 2.75) is 18.9 Å². The van der Waals surface area contributed by atoms with Gasteiger partial charge >= 0.3 is 0 Å². The van der Waals surface area contributed by atoms with E-state index in [0.29, 0.717) is 21.5 Å². The largest absolute Gasteiger partial charge is 0.506 e. The summed E-state index contributed by atoms with van der Waals surface area (Å²) in [6.45, 7) is 0. The topological polar surface area (TPSA) is 46.2 Å². The molecule has 0 saturated heterocycles. The highest BCUT2D eigenvalue weighted by Crippen LogP contribution is 2.48. The molecule has 1 aromatic rings. The van der Waals surface area contributed by atoms with Crippen LogP contribution >= 0.6 is 34.8 Å². The Hall–Kier alpha value is -0.150. The predicted octanol–water partition coefficient (Wildman–Crippen LogP) is 3.76. The summed E-state index contributed by atoms with van der Waals surface area (Å²) in [4.78, 5) is 0. The number of rotatable bonds is 2. The molecule has 1 atom stereocenters. The van der Waals surface area contributed by atoms with Crippen molar-refractivity contribution >= 4 is 34.8 Å². The molecule has 3 N–H and O–H groups in total. The Morgan fingerprint density at radius 2 is 1.87 bits per heavy atom. The minimum Gasteiger partial charge on any atom is -0.506 e. The van der Waals surface area contributed by atoms with Crippen molar-refractivity contribution in [3.05, 3.63) is 26.7 Å². The zero-order valence-corrected chi connectivity index (χ0v) is 10.1. The van der Waals surface area contributed by atoms with Gasteiger partial charge in [-0.15, -0.1) is 0 Å². The van der Waals surface area contributed by atoms with Crippen molar-refractivity contribution in [3.63, 3.8) is 0 Å². The number of hydrogen-bond donors (Lipinski definition) is 2. The number of phenolic OH excluding ortho intramolecular Hbond substituents is 1. The number of nitrogens with two attached hydrogens (primary N) is 1. The lowest BCUT2D eigenvalue weighted by Gasteiger charge is -2.16. The van der Waals surface area contributed by atoms with Gasteiger partial charge in [0.15, 0.2) is 0 Å². The molecule has 1 unspecified atom stereocenters. The van der Waals surface area contributed by atoms with Crippen LogP contribution in [-0.2, 0) is 0 Å². The molecule has 1 saturated carbocycles. The molecule has 0 bridgehead atoms. The van der Waals surface area contributed by atoms with Crippen LogP contribution in [0.1, 0.15) is 24.4 Å². The third-order valence-electron chi connectivity index (χ3n) is 2.64. The quantitative estimate of drug-likeness (QED) is 0.801. The van der Waals surface area contributed by atoms with Gasteiger partial charge in [0, 0.05) is 11.6 Å². The second kappa shape index (κ2) is 4.02. The molecular weight excluding hydrogens is 256 g/mol. The van der Waals surface area contributed by atoms with Crippen LogP contribution in [-0.4, -0.2) is 5.11 Å². The molecular formula is C10H10Cl3NO. The highest BCUT2D eigenvalue weighted by molar-refractivity contribution is 6.44. The molecule has 0 amide bonds. The molecule has 1 aliphatic rings. The van der Waals surface area contributed by atoms with E-state index in [1.165, 1.54) is 6.07 Å². The van der Waals surface area contributed by atoms with Gasteiger partial charge in [-0.05, 0) is 24.8 Å². The summed E-state index contributed by atoms with van der Waals surface area (Å²) in [6.07, 6.45) is 2.11. The Morgan fingerprint density at radius 3 is 2.40 bits per heavy atom. The first-order valence-corrected chi connectivity index (χ1v) is 5.77. The standard InChI is InChI=1S/C10H10Cl3NO/c11-5-3-6(12)10(15)7(8(5)13)9(14)4-1-2-4/h3-4,9,15H,1-2,14H2. The summed E-state index contributed by atoms with van der Waals surface area (Å²) in [7, 11) is 0. The molecule has 1 aromatic carbocycles. The van der Waals surface area contributed by atoms with E-state index >= 15 is 0 Å². The van der Waals surface area contributed by atoms with Gasteiger partial charge < -0.3 is 10.8 Å². The van der Waals surface area contributed by atoms with Gasteiger partial charge in [-0.2, -0.15) is 0 Å². The van der Waals surface area contributed by atoms with Gasteiger partial charge in [0.1, 0.15) is 5.75 Å². The molecule has 2 rings (SSSR count). The molecule has 0 radical (unpaired) electrons. The van der Waals surface area contributed by atoms with Crippen LogP contribution in [0.4, 0.5) is 0 Å². The van der Waals surface area contributed by atoms with Gasteiger partial charge in [0.2, 0.25) is 0 Å². The molecule has 1 aliphatic carbocycles. The third-order valence-corrected chi connectivity index (χ3v) is 3.73. The lowest BCUT2D eigenvalue weighted by atomic mass is 10.0. The van der Waals surface area contributed by atoms with Crippen molar-refractivity contribution in [2.24, 2.45) is 11.7 Å². The van der Waals surface area contributed by atoms with Crippen molar-refractivity contribution in [1.82, 2.24) is 0 Å². The van der Waals surface area contributed by atoms with Crippen LogP contribution in [0.3, 0.4) is 0 Å². The van der Waals surface area contributed by atoms with Crippen LogP contribution in [0.15, 0.2) is 6.07 Å². The number of halogens is 3. The zero-order chi connectivity index (χ0) is 11.2. The van der Waals surface area contributed by atoms with Crippen molar-refractivity contribution in [2.75, 3.05) is 0 Å². The summed E-state index contributed by atoms with van der Waals surface area (Å²) >= 11 is 17.7. The SMILES string of the molecule is NC(c1c(O)c(Cl)cc(Cl)c1Cl)C1CC1. The van der Waals surface area contributed by atoms with Crippen LogP contribution in [0.25, 0.3) is 0 Å². The number of phenols is 1. The van der Waals surface area contributed by atoms with Gasteiger partial charge in [-0.25, -0.2) is 0 Å². The highest BCUT2D eigenvalue weighted by atomic mass is 35.5. The first-order valence-electron chi connectivity index (χ1n) is 4.64. The second-order valence-corrected chi connectivity index (χ2v) is 4.97. The summed E-state index contributed by atoms with van der Waals surface area (Å²) in [5.74, 6) is 0.327. The zero-order valence-electron chi connectivity index (χ0n) is 7.80. The van der Waals surface area contributed by atoms with Crippen LogP contribution in [0.2, 0.25) is 15.1 Å². The molecule has 0 heterocycles. The fourth-order valence-electron chi connectivity index (χ4n) is 1.60. The summed E-state index contributed by atoms with van der Waals surface area (Å²) < 4.78 is 0. The van der Waals surface area contributed by atoms with Gasteiger partial charge in [-0.1, -0.05) is 34.8 Å². The molecule has 82 valence electrons. The number of hydrogen-bond acceptors (Lipinski definition) is 2. The van der Waals surface area contributed by atoms with E-state index in [9.17, 15) is 5.11 Å². The predicted molar refractivity (Wildman–Crippen MR) is 62.8 cm³/mol. The summed E-state index contributed by atoms with van der Waals surface area (Å²) in [5, 5.41) is 10.6. The van der Waals surface area contributed by atoms with Crippen molar-refractivity contribution < 1.29 is 5.11 Å². The molecule has 0 spiro atoms. The molecule has 1 fully saturated rings. The minimum atomic E-state index is -0.284. The van der Waals surface area contributed by atoms with E-state index < -0.39 is 0 Å². The van der Waals surface area contributed by atoms with E-state index in [-0.39, 0.29) is 16.8 Å².